The molecular formula is C16H18Cl2N2O2S. The maximum Gasteiger partial charge on any atom is 0.254 e. The Morgan fingerprint density at radius 2 is 1.83 bits per heavy atom. The van der Waals surface area contributed by atoms with Gasteiger partial charge in [0.2, 0.25) is 5.91 Å². The SMILES string of the molecule is O=C(C1CCCN1C(=O)c1ccc(Cl)c(Cl)c1)N1CCSCC1. The third-order valence-electron chi connectivity index (χ3n) is 4.29. The van der Waals surface area contributed by atoms with Crippen molar-refractivity contribution in [3.63, 3.8) is 0 Å². The van der Waals surface area contributed by atoms with E-state index < -0.39 is 0 Å². The van der Waals surface area contributed by atoms with Crippen LogP contribution in [0.25, 0.3) is 0 Å². The second kappa shape index (κ2) is 7.32. The summed E-state index contributed by atoms with van der Waals surface area (Å²) in [6, 6.07) is 4.50. The van der Waals surface area contributed by atoms with E-state index in [4.69, 9.17) is 23.2 Å². The van der Waals surface area contributed by atoms with Gasteiger partial charge >= 0.3 is 0 Å². The molecule has 124 valence electrons. The van der Waals surface area contributed by atoms with E-state index in [-0.39, 0.29) is 17.9 Å². The molecule has 2 heterocycles. The quantitative estimate of drug-likeness (QED) is 0.800. The van der Waals surface area contributed by atoms with E-state index in [1.807, 2.05) is 16.7 Å². The Hall–Kier alpha value is -0.910. The molecule has 0 aromatic heterocycles. The lowest BCUT2D eigenvalue weighted by Gasteiger charge is -2.32. The van der Waals surface area contributed by atoms with Crippen molar-refractivity contribution in [2.24, 2.45) is 0 Å². The van der Waals surface area contributed by atoms with Crippen LogP contribution in [0.4, 0.5) is 0 Å². The predicted octanol–water partition coefficient (Wildman–Crippen LogP) is 3.17. The lowest BCUT2D eigenvalue weighted by molar-refractivity contribution is -0.134. The first-order chi connectivity index (χ1) is 11.1. The average molecular weight is 373 g/mol. The summed E-state index contributed by atoms with van der Waals surface area (Å²) >= 11 is 13.8. The molecule has 0 radical (unpaired) electrons. The molecule has 3 rings (SSSR count). The van der Waals surface area contributed by atoms with Crippen molar-refractivity contribution in [2.45, 2.75) is 18.9 Å². The van der Waals surface area contributed by atoms with Gasteiger partial charge in [-0.25, -0.2) is 0 Å². The topological polar surface area (TPSA) is 40.6 Å². The zero-order chi connectivity index (χ0) is 16.4. The molecule has 1 atom stereocenters. The highest BCUT2D eigenvalue weighted by atomic mass is 35.5. The molecule has 2 aliphatic rings. The summed E-state index contributed by atoms with van der Waals surface area (Å²) < 4.78 is 0. The third-order valence-corrected chi connectivity index (χ3v) is 5.97. The highest BCUT2D eigenvalue weighted by Gasteiger charge is 2.37. The van der Waals surface area contributed by atoms with E-state index in [0.29, 0.717) is 22.2 Å². The summed E-state index contributed by atoms with van der Waals surface area (Å²) in [6.07, 6.45) is 1.58. The number of nitrogens with zero attached hydrogens (tertiary/aromatic N) is 2. The van der Waals surface area contributed by atoms with Gasteiger partial charge in [0.05, 0.1) is 10.0 Å². The third kappa shape index (κ3) is 3.62. The van der Waals surface area contributed by atoms with Gasteiger partial charge in [-0.15, -0.1) is 0 Å². The Kier molecular flexibility index (Phi) is 5.39. The van der Waals surface area contributed by atoms with Gasteiger partial charge in [-0.2, -0.15) is 11.8 Å². The standard InChI is InChI=1S/C16H18Cl2N2O2S/c17-12-4-3-11(10-13(12)18)15(21)20-5-1-2-14(20)16(22)19-6-8-23-9-7-19/h3-4,10,14H,1-2,5-9H2. The molecule has 0 bridgehead atoms. The molecule has 0 N–H and O–H groups in total. The molecule has 2 saturated heterocycles. The number of carbonyl (C=O) groups excluding carboxylic acids is 2. The number of carbonyl (C=O) groups is 2. The minimum atomic E-state index is -0.347. The molecule has 1 aromatic rings. The van der Waals surface area contributed by atoms with E-state index >= 15 is 0 Å². The zero-order valence-corrected chi connectivity index (χ0v) is 15.0. The fourth-order valence-electron chi connectivity index (χ4n) is 3.06. The Balaban J connectivity index is 1.76. The summed E-state index contributed by atoms with van der Waals surface area (Å²) in [4.78, 5) is 29.1. The van der Waals surface area contributed by atoms with E-state index in [1.54, 1.807) is 23.1 Å². The van der Waals surface area contributed by atoms with Crippen molar-refractivity contribution >= 4 is 46.8 Å². The molecule has 2 fully saturated rings. The van der Waals surface area contributed by atoms with E-state index in [0.717, 1.165) is 37.4 Å². The average Bonchev–Trinajstić information content (AvgIpc) is 3.06. The number of rotatable bonds is 2. The van der Waals surface area contributed by atoms with Crippen LogP contribution in [0.2, 0.25) is 10.0 Å². The largest absolute Gasteiger partial charge is 0.339 e. The van der Waals surface area contributed by atoms with Crippen molar-refractivity contribution in [1.29, 1.82) is 0 Å². The maximum atomic E-state index is 12.8. The molecule has 1 unspecified atom stereocenters. The summed E-state index contributed by atoms with van der Waals surface area (Å²) in [5.74, 6) is 1.88. The van der Waals surface area contributed by atoms with Gasteiger partial charge in [-0.05, 0) is 31.0 Å². The van der Waals surface area contributed by atoms with Gasteiger partial charge in [0.15, 0.2) is 0 Å². The first-order valence-corrected chi connectivity index (χ1v) is 9.61. The number of thioether (sulfide) groups is 1. The van der Waals surface area contributed by atoms with Crippen molar-refractivity contribution in [2.75, 3.05) is 31.1 Å². The van der Waals surface area contributed by atoms with Crippen molar-refractivity contribution in [1.82, 2.24) is 9.80 Å². The highest BCUT2D eigenvalue weighted by Crippen LogP contribution is 2.27. The monoisotopic (exact) mass is 372 g/mol. The summed E-state index contributed by atoms with van der Waals surface area (Å²) in [7, 11) is 0. The number of halogens is 2. The minimum absolute atomic E-state index is 0.0798. The van der Waals surface area contributed by atoms with Gasteiger partial charge in [0, 0.05) is 36.7 Å². The van der Waals surface area contributed by atoms with Crippen LogP contribution in [0.1, 0.15) is 23.2 Å². The van der Waals surface area contributed by atoms with Gasteiger partial charge in [-0.1, -0.05) is 23.2 Å². The summed E-state index contributed by atoms with van der Waals surface area (Å²) in [6.45, 7) is 2.15. The van der Waals surface area contributed by atoms with Crippen LogP contribution >= 0.6 is 35.0 Å². The Morgan fingerprint density at radius 1 is 1.09 bits per heavy atom. The molecule has 2 amide bonds. The van der Waals surface area contributed by atoms with Crippen LogP contribution in [-0.2, 0) is 4.79 Å². The molecule has 2 aliphatic heterocycles. The fraction of sp³-hybridized carbons (Fsp3) is 0.500. The lowest BCUT2D eigenvalue weighted by atomic mass is 10.1. The molecule has 0 aliphatic carbocycles. The first kappa shape index (κ1) is 16.9. The van der Waals surface area contributed by atoms with Crippen molar-refractivity contribution in [3.05, 3.63) is 33.8 Å². The highest BCUT2D eigenvalue weighted by molar-refractivity contribution is 7.99. The second-order valence-corrected chi connectivity index (χ2v) is 7.76. The zero-order valence-electron chi connectivity index (χ0n) is 12.6. The normalized spacial score (nSPS) is 21.6. The number of likely N-dealkylation sites (tertiary alicyclic amines) is 1. The Morgan fingerprint density at radius 3 is 2.52 bits per heavy atom. The van der Waals surface area contributed by atoms with Crippen LogP contribution in [0.15, 0.2) is 18.2 Å². The van der Waals surface area contributed by atoms with Crippen LogP contribution in [0.3, 0.4) is 0 Å². The number of benzene rings is 1. The molecular weight excluding hydrogens is 355 g/mol. The summed E-state index contributed by atoms with van der Waals surface area (Å²) in [5, 5.41) is 0.774. The molecule has 0 spiro atoms. The molecule has 7 heteroatoms. The molecule has 1 aromatic carbocycles. The fourth-order valence-corrected chi connectivity index (χ4v) is 4.26. The van der Waals surface area contributed by atoms with E-state index in [9.17, 15) is 9.59 Å². The van der Waals surface area contributed by atoms with Gasteiger partial charge in [0.25, 0.3) is 5.91 Å². The van der Waals surface area contributed by atoms with Crippen molar-refractivity contribution in [3.8, 4) is 0 Å². The minimum Gasteiger partial charge on any atom is -0.339 e. The van der Waals surface area contributed by atoms with Gasteiger partial charge in [-0.3, -0.25) is 9.59 Å². The number of amides is 2. The van der Waals surface area contributed by atoms with Crippen LogP contribution in [-0.4, -0.2) is 58.8 Å². The molecule has 23 heavy (non-hydrogen) atoms. The smallest absolute Gasteiger partial charge is 0.254 e. The lowest BCUT2D eigenvalue weighted by Crippen LogP contribution is -2.50. The summed E-state index contributed by atoms with van der Waals surface area (Å²) in [5.41, 5.74) is 0.480. The number of hydrogen-bond acceptors (Lipinski definition) is 3. The van der Waals surface area contributed by atoms with Crippen LogP contribution < -0.4 is 0 Å². The first-order valence-electron chi connectivity index (χ1n) is 7.70. The van der Waals surface area contributed by atoms with Crippen LogP contribution in [0, 0.1) is 0 Å². The van der Waals surface area contributed by atoms with Gasteiger partial charge < -0.3 is 9.80 Å². The van der Waals surface area contributed by atoms with Crippen molar-refractivity contribution < 1.29 is 9.59 Å². The van der Waals surface area contributed by atoms with E-state index in [1.165, 1.54) is 0 Å². The van der Waals surface area contributed by atoms with Crippen LogP contribution in [0.5, 0.6) is 0 Å². The second-order valence-electron chi connectivity index (χ2n) is 5.72. The maximum absolute atomic E-state index is 12.8. The number of hydrogen-bond donors (Lipinski definition) is 0. The predicted molar refractivity (Wildman–Crippen MR) is 94.4 cm³/mol. The molecule has 4 nitrogen and oxygen atoms in total. The van der Waals surface area contributed by atoms with Gasteiger partial charge in [0.1, 0.15) is 6.04 Å². The Labute approximate surface area is 150 Å². The Bertz CT molecular complexity index is 620. The molecule has 0 saturated carbocycles. The van der Waals surface area contributed by atoms with E-state index in [2.05, 4.69) is 0 Å².